The third kappa shape index (κ3) is 3.11. The highest BCUT2D eigenvalue weighted by atomic mass is 35.5. The van der Waals surface area contributed by atoms with Crippen molar-refractivity contribution in [3.05, 3.63) is 56.8 Å². The molecule has 1 amide bonds. The Balaban J connectivity index is 2.33. The van der Waals surface area contributed by atoms with E-state index in [1.165, 1.54) is 0 Å². The molecule has 104 valence electrons. The van der Waals surface area contributed by atoms with Crippen LogP contribution in [0.15, 0.2) is 24.3 Å². The Hall–Kier alpha value is -1.58. The van der Waals surface area contributed by atoms with Crippen LogP contribution in [-0.4, -0.2) is 10.9 Å². The highest BCUT2D eigenvalue weighted by Gasteiger charge is 2.16. The van der Waals surface area contributed by atoms with E-state index < -0.39 is 0 Å². The van der Waals surface area contributed by atoms with Gasteiger partial charge in [-0.2, -0.15) is 0 Å². The number of nitrogens with zero attached hydrogens (tertiary/aromatic N) is 1. The molecular weight excluding hydrogens is 295 g/mol. The van der Waals surface area contributed by atoms with Gasteiger partial charge >= 0.3 is 0 Å². The molecule has 1 aromatic carbocycles. The number of benzene rings is 1. The van der Waals surface area contributed by atoms with Crippen molar-refractivity contribution in [2.24, 2.45) is 0 Å². The standard InChI is InChI=1S/C15H14Cl2N2O/c1-8-4-5-11(9(2)6-8)18-15(20)13-10(3)7-12(16)19-14(13)17/h4-7H,1-3H3,(H,18,20). The minimum Gasteiger partial charge on any atom is -0.322 e. The van der Waals surface area contributed by atoms with Gasteiger partial charge in [0, 0.05) is 5.69 Å². The molecule has 0 fully saturated rings. The van der Waals surface area contributed by atoms with E-state index in [2.05, 4.69) is 10.3 Å². The number of halogens is 2. The van der Waals surface area contributed by atoms with Gasteiger partial charge in [0.25, 0.3) is 5.91 Å². The Bertz CT molecular complexity index is 661. The first kappa shape index (κ1) is 14.8. The van der Waals surface area contributed by atoms with E-state index in [-0.39, 0.29) is 16.2 Å². The maximum absolute atomic E-state index is 12.3. The first-order chi connectivity index (χ1) is 9.38. The summed E-state index contributed by atoms with van der Waals surface area (Å²) >= 11 is 11.8. The molecule has 0 spiro atoms. The van der Waals surface area contributed by atoms with Crippen LogP contribution in [0.25, 0.3) is 0 Å². The lowest BCUT2D eigenvalue weighted by Crippen LogP contribution is -2.15. The lowest BCUT2D eigenvalue weighted by Gasteiger charge is -2.11. The topological polar surface area (TPSA) is 42.0 Å². The minimum absolute atomic E-state index is 0.109. The Labute approximate surface area is 127 Å². The molecule has 1 heterocycles. The number of amides is 1. The summed E-state index contributed by atoms with van der Waals surface area (Å²) in [6, 6.07) is 7.43. The number of aryl methyl sites for hydroxylation is 3. The average molecular weight is 309 g/mol. The van der Waals surface area contributed by atoms with Gasteiger partial charge in [-0.1, -0.05) is 40.9 Å². The summed E-state index contributed by atoms with van der Waals surface area (Å²) in [6.07, 6.45) is 0. The van der Waals surface area contributed by atoms with Crippen LogP contribution in [0.5, 0.6) is 0 Å². The van der Waals surface area contributed by atoms with Gasteiger partial charge in [0.2, 0.25) is 0 Å². The number of hydrogen-bond donors (Lipinski definition) is 1. The van der Waals surface area contributed by atoms with Gasteiger partial charge in [-0.25, -0.2) is 4.98 Å². The first-order valence-electron chi connectivity index (χ1n) is 6.09. The number of aromatic nitrogens is 1. The van der Waals surface area contributed by atoms with Gasteiger partial charge in [-0.3, -0.25) is 4.79 Å². The first-order valence-corrected chi connectivity index (χ1v) is 6.85. The Morgan fingerprint density at radius 1 is 1.10 bits per heavy atom. The van der Waals surface area contributed by atoms with Crippen LogP contribution in [0.2, 0.25) is 10.3 Å². The molecule has 0 aliphatic rings. The second kappa shape index (κ2) is 5.81. The average Bonchev–Trinajstić information content (AvgIpc) is 2.31. The van der Waals surface area contributed by atoms with Gasteiger partial charge in [-0.15, -0.1) is 0 Å². The number of anilines is 1. The molecular formula is C15H14Cl2N2O. The monoisotopic (exact) mass is 308 g/mol. The Morgan fingerprint density at radius 2 is 1.80 bits per heavy atom. The SMILES string of the molecule is Cc1ccc(NC(=O)c2c(C)cc(Cl)nc2Cl)c(C)c1. The number of carbonyl (C=O) groups excluding carboxylic acids is 1. The minimum atomic E-state index is -0.288. The van der Waals surface area contributed by atoms with Crippen molar-refractivity contribution in [1.82, 2.24) is 4.98 Å². The summed E-state index contributed by atoms with van der Waals surface area (Å²) in [5.41, 5.74) is 3.93. The second-order valence-electron chi connectivity index (χ2n) is 4.70. The molecule has 20 heavy (non-hydrogen) atoms. The van der Waals surface area contributed by atoms with Gasteiger partial charge in [0.15, 0.2) is 0 Å². The highest BCUT2D eigenvalue weighted by Crippen LogP contribution is 2.23. The molecule has 0 saturated carbocycles. The van der Waals surface area contributed by atoms with Crippen LogP contribution >= 0.6 is 23.2 Å². The molecule has 0 bridgehead atoms. The van der Waals surface area contributed by atoms with E-state index in [4.69, 9.17) is 23.2 Å². The molecule has 5 heteroatoms. The zero-order valence-corrected chi connectivity index (χ0v) is 12.9. The normalized spacial score (nSPS) is 10.4. The van der Waals surface area contributed by atoms with Crippen molar-refractivity contribution in [1.29, 1.82) is 0 Å². The predicted molar refractivity (Wildman–Crippen MR) is 82.9 cm³/mol. The number of carbonyl (C=O) groups is 1. The van der Waals surface area contributed by atoms with E-state index in [0.717, 1.165) is 16.8 Å². The van der Waals surface area contributed by atoms with Crippen molar-refractivity contribution in [3.63, 3.8) is 0 Å². The van der Waals surface area contributed by atoms with Gasteiger partial charge in [-0.05, 0) is 44.0 Å². The van der Waals surface area contributed by atoms with Crippen LogP contribution < -0.4 is 5.32 Å². The van der Waals surface area contributed by atoms with Gasteiger partial charge < -0.3 is 5.32 Å². The maximum atomic E-state index is 12.3. The number of nitrogens with one attached hydrogen (secondary N) is 1. The maximum Gasteiger partial charge on any atom is 0.259 e. The zero-order valence-electron chi connectivity index (χ0n) is 11.4. The van der Waals surface area contributed by atoms with Crippen molar-refractivity contribution >= 4 is 34.8 Å². The number of pyridine rings is 1. The third-order valence-electron chi connectivity index (χ3n) is 3.00. The smallest absolute Gasteiger partial charge is 0.259 e. The lowest BCUT2D eigenvalue weighted by molar-refractivity contribution is 0.102. The molecule has 0 aliphatic heterocycles. The molecule has 1 aromatic heterocycles. The fourth-order valence-electron chi connectivity index (χ4n) is 2.01. The van der Waals surface area contributed by atoms with Crippen LogP contribution in [0, 0.1) is 20.8 Å². The van der Waals surface area contributed by atoms with E-state index in [1.807, 2.05) is 32.0 Å². The Morgan fingerprint density at radius 3 is 2.40 bits per heavy atom. The highest BCUT2D eigenvalue weighted by molar-refractivity contribution is 6.35. The second-order valence-corrected chi connectivity index (χ2v) is 5.45. The van der Waals surface area contributed by atoms with E-state index in [1.54, 1.807) is 13.0 Å². The number of rotatable bonds is 2. The van der Waals surface area contributed by atoms with Gasteiger partial charge in [0.05, 0.1) is 5.56 Å². The molecule has 1 N–H and O–H groups in total. The van der Waals surface area contributed by atoms with Crippen LogP contribution in [0.3, 0.4) is 0 Å². The zero-order chi connectivity index (χ0) is 14.9. The van der Waals surface area contributed by atoms with Crippen LogP contribution in [0.1, 0.15) is 27.0 Å². The summed E-state index contributed by atoms with van der Waals surface area (Å²) in [5, 5.41) is 3.23. The van der Waals surface area contributed by atoms with E-state index in [0.29, 0.717) is 11.1 Å². The summed E-state index contributed by atoms with van der Waals surface area (Å²) < 4.78 is 0. The fourth-order valence-corrected chi connectivity index (χ4v) is 2.62. The fraction of sp³-hybridized carbons (Fsp3) is 0.200. The number of hydrogen-bond acceptors (Lipinski definition) is 2. The third-order valence-corrected chi connectivity index (χ3v) is 3.47. The summed E-state index contributed by atoms with van der Waals surface area (Å²) in [5.74, 6) is -0.288. The molecule has 2 aromatic rings. The predicted octanol–water partition coefficient (Wildman–Crippen LogP) is 4.57. The molecule has 0 aliphatic carbocycles. The molecule has 0 radical (unpaired) electrons. The van der Waals surface area contributed by atoms with Crippen LogP contribution in [-0.2, 0) is 0 Å². The van der Waals surface area contributed by atoms with E-state index >= 15 is 0 Å². The largest absolute Gasteiger partial charge is 0.322 e. The Kier molecular flexibility index (Phi) is 4.31. The van der Waals surface area contributed by atoms with Crippen molar-refractivity contribution < 1.29 is 4.79 Å². The summed E-state index contributed by atoms with van der Waals surface area (Å²) in [4.78, 5) is 16.2. The van der Waals surface area contributed by atoms with Crippen molar-refractivity contribution in [3.8, 4) is 0 Å². The lowest BCUT2D eigenvalue weighted by atomic mass is 10.1. The summed E-state index contributed by atoms with van der Waals surface area (Å²) in [6.45, 7) is 5.72. The molecule has 2 rings (SSSR count). The van der Waals surface area contributed by atoms with Crippen molar-refractivity contribution in [2.45, 2.75) is 20.8 Å². The molecule has 0 atom stereocenters. The quantitative estimate of drug-likeness (QED) is 0.826. The molecule has 0 saturated heterocycles. The summed E-state index contributed by atoms with van der Waals surface area (Å²) in [7, 11) is 0. The van der Waals surface area contributed by atoms with Gasteiger partial charge in [0.1, 0.15) is 10.3 Å². The van der Waals surface area contributed by atoms with Crippen molar-refractivity contribution in [2.75, 3.05) is 5.32 Å². The molecule has 0 unspecified atom stereocenters. The van der Waals surface area contributed by atoms with Crippen LogP contribution in [0.4, 0.5) is 5.69 Å². The molecule has 3 nitrogen and oxygen atoms in total. The van der Waals surface area contributed by atoms with E-state index in [9.17, 15) is 4.79 Å².